The van der Waals surface area contributed by atoms with E-state index < -0.39 is 6.10 Å². The molecule has 2 amide bonds. The third-order valence-electron chi connectivity index (χ3n) is 3.41. The van der Waals surface area contributed by atoms with Crippen LogP contribution in [0.1, 0.15) is 15.9 Å². The third kappa shape index (κ3) is 3.14. The van der Waals surface area contributed by atoms with E-state index >= 15 is 0 Å². The molecule has 0 saturated heterocycles. The highest BCUT2D eigenvalue weighted by molar-refractivity contribution is 5.99. The number of anilines is 1. The van der Waals surface area contributed by atoms with Gasteiger partial charge in [-0.3, -0.25) is 9.59 Å². The van der Waals surface area contributed by atoms with Gasteiger partial charge in [-0.1, -0.05) is 18.2 Å². The Labute approximate surface area is 132 Å². The number of fused-ring (bicyclic) bond motifs is 1. The second-order valence-corrected chi connectivity index (χ2v) is 4.99. The zero-order valence-corrected chi connectivity index (χ0v) is 12.1. The van der Waals surface area contributed by atoms with Gasteiger partial charge in [-0.05, 0) is 30.3 Å². The summed E-state index contributed by atoms with van der Waals surface area (Å²) in [6, 6.07) is 15.4. The van der Waals surface area contributed by atoms with Crippen LogP contribution in [0.25, 0.3) is 0 Å². The molecule has 23 heavy (non-hydrogen) atoms. The van der Waals surface area contributed by atoms with Gasteiger partial charge in [0, 0.05) is 5.56 Å². The van der Waals surface area contributed by atoms with Crippen molar-refractivity contribution < 1.29 is 14.3 Å². The van der Waals surface area contributed by atoms with E-state index in [0.717, 1.165) is 0 Å². The lowest BCUT2D eigenvalue weighted by atomic mass is 10.1. The molecule has 2 aromatic carbocycles. The molecule has 114 valence electrons. The predicted molar refractivity (Wildman–Crippen MR) is 83.0 cm³/mol. The van der Waals surface area contributed by atoms with E-state index in [1.165, 1.54) is 6.07 Å². The summed E-state index contributed by atoms with van der Waals surface area (Å²) in [5.41, 5.74) is 1.38. The number of amides is 2. The smallest absolute Gasteiger partial charge is 0.267 e. The van der Waals surface area contributed by atoms with E-state index in [0.29, 0.717) is 22.6 Å². The Hall–Kier alpha value is -3.33. The third-order valence-corrected chi connectivity index (χ3v) is 3.41. The zero-order chi connectivity index (χ0) is 16.2. The largest absolute Gasteiger partial charge is 0.477 e. The summed E-state index contributed by atoms with van der Waals surface area (Å²) in [5.74, 6) is -0.107. The highest BCUT2D eigenvalue weighted by atomic mass is 16.5. The number of carbonyl (C=O) groups is 2. The van der Waals surface area contributed by atoms with Crippen LogP contribution in [0.4, 0.5) is 5.69 Å². The summed E-state index contributed by atoms with van der Waals surface area (Å²) in [4.78, 5) is 24.1. The molecule has 1 unspecified atom stereocenters. The van der Waals surface area contributed by atoms with E-state index in [1.54, 1.807) is 42.5 Å². The summed E-state index contributed by atoms with van der Waals surface area (Å²) < 4.78 is 5.60. The maximum Gasteiger partial charge on any atom is 0.267 e. The van der Waals surface area contributed by atoms with Gasteiger partial charge >= 0.3 is 0 Å². The lowest BCUT2D eigenvalue weighted by molar-refractivity contribution is -0.123. The number of rotatable bonds is 3. The molecule has 1 atom stereocenters. The Balaban J connectivity index is 1.65. The van der Waals surface area contributed by atoms with Crippen LogP contribution in [0.3, 0.4) is 0 Å². The van der Waals surface area contributed by atoms with E-state index in [1.807, 2.05) is 6.07 Å². The van der Waals surface area contributed by atoms with Crippen LogP contribution in [0.5, 0.6) is 5.75 Å². The SMILES string of the molecule is N#Cc1cccc(C(=O)NCC2Oc3ccccc3NC2=O)c1. The molecule has 6 heteroatoms. The summed E-state index contributed by atoms with van der Waals surface area (Å²) in [6.07, 6.45) is -0.798. The van der Waals surface area contributed by atoms with E-state index in [4.69, 9.17) is 10.00 Å². The Morgan fingerprint density at radius 1 is 1.26 bits per heavy atom. The molecule has 0 aromatic heterocycles. The number of benzene rings is 2. The summed E-state index contributed by atoms with van der Waals surface area (Å²) in [5, 5.41) is 14.2. The minimum absolute atomic E-state index is 0.0375. The summed E-state index contributed by atoms with van der Waals surface area (Å²) in [7, 11) is 0. The molecule has 0 saturated carbocycles. The van der Waals surface area contributed by atoms with Crippen molar-refractivity contribution in [1.82, 2.24) is 5.32 Å². The second kappa shape index (κ2) is 6.20. The monoisotopic (exact) mass is 307 g/mol. The number of para-hydroxylation sites is 2. The van der Waals surface area contributed by atoms with Gasteiger partial charge in [-0.15, -0.1) is 0 Å². The predicted octanol–water partition coefficient (Wildman–Crippen LogP) is 1.69. The van der Waals surface area contributed by atoms with Gasteiger partial charge in [0.1, 0.15) is 5.75 Å². The average molecular weight is 307 g/mol. The second-order valence-electron chi connectivity index (χ2n) is 4.99. The van der Waals surface area contributed by atoms with E-state index in [9.17, 15) is 9.59 Å². The Bertz CT molecular complexity index is 811. The molecule has 3 rings (SSSR count). The van der Waals surface area contributed by atoms with E-state index in [2.05, 4.69) is 10.6 Å². The van der Waals surface area contributed by atoms with Crippen molar-refractivity contribution in [2.75, 3.05) is 11.9 Å². The Kier molecular flexibility index (Phi) is 3.93. The molecule has 0 fully saturated rings. The molecule has 0 spiro atoms. The summed E-state index contributed by atoms with van der Waals surface area (Å²) >= 11 is 0. The quantitative estimate of drug-likeness (QED) is 0.902. The molecule has 1 aliphatic heterocycles. The normalized spacial score (nSPS) is 15.6. The van der Waals surface area contributed by atoms with Crippen LogP contribution >= 0.6 is 0 Å². The average Bonchev–Trinajstić information content (AvgIpc) is 2.59. The molecule has 6 nitrogen and oxygen atoms in total. The Morgan fingerprint density at radius 3 is 2.91 bits per heavy atom. The molecule has 1 aliphatic rings. The zero-order valence-electron chi connectivity index (χ0n) is 12.1. The number of hydrogen-bond acceptors (Lipinski definition) is 4. The first-order valence-corrected chi connectivity index (χ1v) is 7.02. The number of nitriles is 1. The van der Waals surface area contributed by atoms with Crippen LogP contribution in [0, 0.1) is 11.3 Å². The maximum absolute atomic E-state index is 12.1. The number of nitrogens with one attached hydrogen (secondary N) is 2. The number of nitrogens with zero attached hydrogens (tertiary/aromatic N) is 1. The van der Waals surface area contributed by atoms with Crippen molar-refractivity contribution in [3.8, 4) is 11.8 Å². The lowest BCUT2D eigenvalue weighted by Crippen LogP contribution is -2.45. The van der Waals surface area contributed by atoms with Gasteiger partial charge < -0.3 is 15.4 Å². The standard InChI is InChI=1S/C17H13N3O3/c18-9-11-4-3-5-12(8-11)16(21)19-10-15-17(22)20-13-6-1-2-7-14(13)23-15/h1-8,15H,10H2,(H,19,21)(H,20,22). The highest BCUT2D eigenvalue weighted by Gasteiger charge is 2.27. The Morgan fingerprint density at radius 2 is 2.09 bits per heavy atom. The minimum Gasteiger partial charge on any atom is -0.477 e. The molecular weight excluding hydrogens is 294 g/mol. The van der Waals surface area contributed by atoms with Gasteiger partial charge in [0.2, 0.25) is 0 Å². The molecule has 2 aromatic rings. The maximum atomic E-state index is 12.1. The van der Waals surface area contributed by atoms with Crippen LogP contribution in [-0.2, 0) is 4.79 Å². The van der Waals surface area contributed by atoms with Crippen molar-refractivity contribution in [3.05, 3.63) is 59.7 Å². The van der Waals surface area contributed by atoms with Crippen molar-refractivity contribution in [3.63, 3.8) is 0 Å². The fraction of sp³-hybridized carbons (Fsp3) is 0.118. The number of carbonyl (C=O) groups excluding carboxylic acids is 2. The minimum atomic E-state index is -0.798. The molecular formula is C17H13N3O3. The van der Waals surface area contributed by atoms with Gasteiger partial charge in [0.05, 0.1) is 23.9 Å². The molecule has 1 heterocycles. The van der Waals surface area contributed by atoms with Crippen LogP contribution in [0.2, 0.25) is 0 Å². The van der Waals surface area contributed by atoms with Gasteiger partial charge in [0.15, 0.2) is 6.10 Å². The fourth-order valence-corrected chi connectivity index (χ4v) is 2.24. The van der Waals surface area contributed by atoms with Crippen LogP contribution in [0.15, 0.2) is 48.5 Å². The molecule has 2 N–H and O–H groups in total. The van der Waals surface area contributed by atoms with Crippen molar-refractivity contribution in [2.45, 2.75) is 6.10 Å². The van der Waals surface area contributed by atoms with Gasteiger partial charge in [-0.25, -0.2) is 0 Å². The number of ether oxygens (including phenoxy) is 1. The molecule has 0 bridgehead atoms. The topological polar surface area (TPSA) is 91.2 Å². The highest BCUT2D eigenvalue weighted by Crippen LogP contribution is 2.28. The first kappa shape index (κ1) is 14.6. The first-order chi connectivity index (χ1) is 11.2. The lowest BCUT2D eigenvalue weighted by Gasteiger charge is -2.25. The van der Waals surface area contributed by atoms with Crippen molar-refractivity contribution in [1.29, 1.82) is 5.26 Å². The first-order valence-electron chi connectivity index (χ1n) is 7.02. The van der Waals surface area contributed by atoms with Crippen LogP contribution < -0.4 is 15.4 Å². The van der Waals surface area contributed by atoms with Gasteiger partial charge in [-0.2, -0.15) is 5.26 Å². The number of hydrogen-bond donors (Lipinski definition) is 2. The van der Waals surface area contributed by atoms with Crippen LogP contribution in [-0.4, -0.2) is 24.5 Å². The molecule has 0 radical (unpaired) electrons. The van der Waals surface area contributed by atoms with E-state index in [-0.39, 0.29) is 18.4 Å². The van der Waals surface area contributed by atoms with Crippen molar-refractivity contribution in [2.24, 2.45) is 0 Å². The van der Waals surface area contributed by atoms with Gasteiger partial charge in [0.25, 0.3) is 11.8 Å². The molecule has 0 aliphatic carbocycles. The summed E-state index contributed by atoms with van der Waals surface area (Å²) in [6.45, 7) is 0.0375. The van der Waals surface area contributed by atoms with Crippen molar-refractivity contribution >= 4 is 17.5 Å². The fourth-order valence-electron chi connectivity index (χ4n) is 2.24.